The van der Waals surface area contributed by atoms with Gasteiger partial charge in [0.1, 0.15) is 18.7 Å². The van der Waals surface area contributed by atoms with E-state index >= 15 is 0 Å². The molecule has 1 fully saturated rings. The van der Waals surface area contributed by atoms with E-state index in [-0.39, 0.29) is 25.8 Å². The molecule has 3 rings (SSSR count). The van der Waals surface area contributed by atoms with E-state index in [0.717, 1.165) is 5.70 Å². The number of carbonyl (C=O) groups is 2. The van der Waals surface area contributed by atoms with Gasteiger partial charge in [0.05, 0.1) is 37.7 Å². The van der Waals surface area contributed by atoms with Crippen molar-refractivity contribution in [3.05, 3.63) is 35.8 Å². The molecule has 1 aromatic carbocycles. The molecule has 0 spiro atoms. The molecule has 2 aliphatic rings. The molecule has 1 aromatic rings. The number of methoxy groups -OCH3 is 1. The van der Waals surface area contributed by atoms with E-state index in [4.69, 9.17) is 19.0 Å². The fraction of sp³-hybridized carbons (Fsp3) is 0.524. The average Bonchev–Trinajstić information content (AvgIpc) is 3.16. The number of cyclic esters (lactones) is 1. The van der Waals surface area contributed by atoms with Crippen molar-refractivity contribution < 1.29 is 33.0 Å². The van der Waals surface area contributed by atoms with Crippen molar-refractivity contribution in [3.8, 4) is 0 Å². The van der Waals surface area contributed by atoms with Gasteiger partial charge in [-0.1, -0.05) is 0 Å². The predicted octanol–water partition coefficient (Wildman–Crippen LogP) is 1.52. The van der Waals surface area contributed by atoms with E-state index in [0.29, 0.717) is 44.1 Å². The van der Waals surface area contributed by atoms with E-state index in [2.05, 4.69) is 10.8 Å². The Morgan fingerprint density at radius 3 is 2.88 bits per heavy atom. The second-order valence-electron chi connectivity index (χ2n) is 7.38. The minimum atomic E-state index is -0.559. The minimum Gasteiger partial charge on any atom is -0.442 e. The summed E-state index contributed by atoms with van der Waals surface area (Å²) in [4.78, 5) is 31.8. The molecule has 0 bridgehead atoms. The fourth-order valence-electron chi connectivity index (χ4n) is 3.38. The van der Waals surface area contributed by atoms with Gasteiger partial charge in [-0.05, 0) is 24.3 Å². The summed E-state index contributed by atoms with van der Waals surface area (Å²) >= 11 is 0. The Morgan fingerprint density at radius 2 is 2.19 bits per heavy atom. The van der Waals surface area contributed by atoms with Gasteiger partial charge >= 0.3 is 6.09 Å². The molecule has 11 heteroatoms. The molecule has 2 heterocycles. The summed E-state index contributed by atoms with van der Waals surface area (Å²) in [6, 6.07) is 4.69. The van der Waals surface area contributed by atoms with Gasteiger partial charge in [0, 0.05) is 39.2 Å². The van der Waals surface area contributed by atoms with Gasteiger partial charge in [-0.3, -0.25) is 20.0 Å². The van der Waals surface area contributed by atoms with Crippen molar-refractivity contribution in [2.24, 2.45) is 0 Å². The number of halogens is 1. The highest BCUT2D eigenvalue weighted by atomic mass is 19.1. The van der Waals surface area contributed by atoms with Crippen molar-refractivity contribution in [1.29, 1.82) is 0 Å². The quantitative estimate of drug-likeness (QED) is 0.296. The van der Waals surface area contributed by atoms with Crippen molar-refractivity contribution in [2.45, 2.75) is 19.4 Å². The number of rotatable bonds is 11. The molecular weight excluding hydrogens is 423 g/mol. The molecule has 1 atom stereocenters. The standard InChI is InChI=1S/C21H29FN4O6/c1-15(27)23-12-18-13-26(21(28)32-18)17-3-4-20(19(22)11-17)25-7-5-16(6-8-25)24-31-10-9-30-14-29-2/h3-5,11,18,24H,6-10,12-14H2,1-2H3,(H,23,27)/t18-/m0/s1. The van der Waals surface area contributed by atoms with Gasteiger partial charge in [0.2, 0.25) is 5.91 Å². The summed E-state index contributed by atoms with van der Waals surface area (Å²) in [6.45, 7) is 4.01. The van der Waals surface area contributed by atoms with Gasteiger partial charge in [-0.25, -0.2) is 9.18 Å². The smallest absolute Gasteiger partial charge is 0.414 e. The molecule has 2 amide bonds. The maximum atomic E-state index is 14.9. The van der Waals surface area contributed by atoms with Crippen LogP contribution in [0.5, 0.6) is 0 Å². The molecule has 2 aliphatic heterocycles. The summed E-state index contributed by atoms with van der Waals surface area (Å²) in [5.41, 5.74) is 4.69. The van der Waals surface area contributed by atoms with Crippen LogP contribution in [0.25, 0.3) is 0 Å². The van der Waals surface area contributed by atoms with Crippen molar-refractivity contribution in [1.82, 2.24) is 10.8 Å². The molecule has 0 saturated carbocycles. The molecule has 0 radical (unpaired) electrons. The van der Waals surface area contributed by atoms with Crippen molar-refractivity contribution in [2.75, 3.05) is 63.1 Å². The van der Waals surface area contributed by atoms with Crippen molar-refractivity contribution >= 4 is 23.4 Å². The number of hydrogen-bond donors (Lipinski definition) is 2. The summed E-state index contributed by atoms with van der Waals surface area (Å²) in [5, 5.41) is 2.62. The molecular formula is C21H29FN4O6. The lowest BCUT2D eigenvalue weighted by Crippen LogP contribution is -2.33. The lowest BCUT2D eigenvalue weighted by Gasteiger charge is -2.29. The van der Waals surface area contributed by atoms with Gasteiger partial charge in [-0.15, -0.1) is 0 Å². The monoisotopic (exact) mass is 452 g/mol. The van der Waals surface area contributed by atoms with Crippen LogP contribution in [0.1, 0.15) is 13.3 Å². The summed E-state index contributed by atoms with van der Waals surface area (Å²) < 4.78 is 30.0. The Morgan fingerprint density at radius 1 is 1.34 bits per heavy atom. The van der Waals surface area contributed by atoms with Crippen LogP contribution in [-0.2, 0) is 23.8 Å². The Labute approximate surface area is 186 Å². The fourth-order valence-corrected chi connectivity index (χ4v) is 3.38. The number of nitrogens with zero attached hydrogens (tertiary/aromatic N) is 2. The van der Waals surface area contributed by atoms with E-state index < -0.39 is 18.0 Å². The number of anilines is 2. The lowest BCUT2D eigenvalue weighted by atomic mass is 10.1. The Balaban J connectivity index is 1.51. The first-order valence-corrected chi connectivity index (χ1v) is 10.4. The number of carbonyl (C=O) groups excluding carboxylic acids is 2. The van der Waals surface area contributed by atoms with Gasteiger partial charge in [-0.2, -0.15) is 0 Å². The van der Waals surface area contributed by atoms with Crippen LogP contribution in [0.15, 0.2) is 30.0 Å². The summed E-state index contributed by atoms with van der Waals surface area (Å²) in [6.07, 6.45) is 1.58. The number of hydroxylamine groups is 1. The van der Waals surface area contributed by atoms with Crippen LogP contribution in [0.4, 0.5) is 20.6 Å². The highest BCUT2D eigenvalue weighted by Crippen LogP contribution is 2.29. The molecule has 0 aliphatic carbocycles. The second-order valence-corrected chi connectivity index (χ2v) is 7.38. The number of amides is 2. The number of ether oxygens (including phenoxy) is 3. The largest absolute Gasteiger partial charge is 0.442 e. The predicted molar refractivity (Wildman–Crippen MR) is 115 cm³/mol. The zero-order chi connectivity index (χ0) is 22.9. The summed E-state index contributed by atoms with van der Waals surface area (Å²) in [5.74, 6) is -0.622. The molecule has 32 heavy (non-hydrogen) atoms. The van der Waals surface area contributed by atoms with Gasteiger partial charge < -0.3 is 24.4 Å². The first-order valence-electron chi connectivity index (χ1n) is 10.4. The summed E-state index contributed by atoms with van der Waals surface area (Å²) in [7, 11) is 1.56. The Kier molecular flexibility index (Phi) is 8.65. The third kappa shape index (κ3) is 6.55. The van der Waals surface area contributed by atoms with E-state index in [1.54, 1.807) is 19.2 Å². The number of hydrogen-bond acceptors (Lipinski definition) is 8. The maximum absolute atomic E-state index is 14.9. The number of nitrogens with one attached hydrogen (secondary N) is 2. The molecule has 1 saturated heterocycles. The van der Waals surface area contributed by atoms with Crippen LogP contribution < -0.4 is 20.6 Å². The average molecular weight is 452 g/mol. The normalized spacial score (nSPS) is 18.4. The highest BCUT2D eigenvalue weighted by molar-refractivity contribution is 5.90. The van der Waals surface area contributed by atoms with Crippen LogP contribution in [-0.4, -0.2) is 71.4 Å². The van der Waals surface area contributed by atoms with E-state index in [9.17, 15) is 14.0 Å². The minimum absolute atomic E-state index is 0.202. The van der Waals surface area contributed by atoms with E-state index in [1.807, 2.05) is 11.0 Å². The molecule has 0 aromatic heterocycles. The Bertz CT molecular complexity index is 837. The SMILES string of the molecule is COCOCCONC1=CCN(c2ccc(N3C[C@H](CNC(C)=O)OC3=O)cc2F)CC1. The Hall–Kier alpha value is -2.89. The first kappa shape index (κ1) is 23.8. The molecule has 2 N–H and O–H groups in total. The van der Waals surface area contributed by atoms with Gasteiger partial charge in [0.15, 0.2) is 0 Å². The van der Waals surface area contributed by atoms with Crippen LogP contribution in [0.3, 0.4) is 0 Å². The van der Waals surface area contributed by atoms with Crippen molar-refractivity contribution in [3.63, 3.8) is 0 Å². The van der Waals surface area contributed by atoms with Crippen LogP contribution >= 0.6 is 0 Å². The molecule has 176 valence electrons. The van der Waals surface area contributed by atoms with Gasteiger partial charge in [0.25, 0.3) is 0 Å². The third-order valence-corrected chi connectivity index (χ3v) is 4.98. The highest BCUT2D eigenvalue weighted by Gasteiger charge is 2.33. The topological polar surface area (TPSA) is 102 Å². The van der Waals surface area contributed by atoms with Crippen LogP contribution in [0.2, 0.25) is 0 Å². The second kappa shape index (κ2) is 11.7. The molecule has 0 unspecified atom stereocenters. The van der Waals surface area contributed by atoms with E-state index in [1.165, 1.54) is 17.9 Å². The van der Waals surface area contributed by atoms with Crippen LogP contribution in [0, 0.1) is 5.82 Å². The first-order chi connectivity index (χ1) is 15.5. The third-order valence-electron chi connectivity index (χ3n) is 4.98. The maximum Gasteiger partial charge on any atom is 0.414 e. The zero-order valence-corrected chi connectivity index (χ0v) is 18.3. The zero-order valence-electron chi connectivity index (χ0n) is 18.3. The number of benzene rings is 1. The molecule has 10 nitrogen and oxygen atoms in total. The lowest BCUT2D eigenvalue weighted by molar-refractivity contribution is -0.119.